The van der Waals surface area contributed by atoms with Crippen molar-refractivity contribution in [2.45, 2.75) is 17.9 Å². The van der Waals surface area contributed by atoms with Crippen LogP contribution < -0.4 is 10.0 Å². The molecule has 0 bridgehead atoms. The maximum absolute atomic E-state index is 13.4. The number of hydrogen-bond acceptors (Lipinski definition) is 3. The van der Waals surface area contributed by atoms with Crippen LogP contribution in [0.15, 0.2) is 17.0 Å². The Kier molecular flexibility index (Phi) is 5.36. The van der Waals surface area contributed by atoms with Gasteiger partial charge in [-0.3, -0.25) is 0 Å². The molecular formula is C10H13Cl2FN2O2S. The number of likely N-dealkylation sites (N-methyl/N-ethyl adjacent to an activating group) is 1. The number of nitrogens with one attached hydrogen (secondary N) is 2. The Morgan fingerprint density at radius 3 is 2.56 bits per heavy atom. The van der Waals surface area contributed by atoms with Crippen molar-refractivity contribution in [3.8, 4) is 0 Å². The summed E-state index contributed by atoms with van der Waals surface area (Å²) in [4.78, 5) is -0.325. The highest BCUT2D eigenvalue weighted by molar-refractivity contribution is 7.89. The summed E-state index contributed by atoms with van der Waals surface area (Å²) in [7, 11) is -2.15. The van der Waals surface area contributed by atoms with Crippen LogP contribution in [0.1, 0.15) is 6.92 Å². The molecule has 8 heteroatoms. The topological polar surface area (TPSA) is 58.2 Å². The van der Waals surface area contributed by atoms with E-state index in [-0.39, 0.29) is 22.5 Å². The van der Waals surface area contributed by atoms with Crippen LogP contribution >= 0.6 is 23.2 Å². The molecule has 2 N–H and O–H groups in total. The minimum Gasteiger partial charge on any atom is -0.316 e. The molecule has 18 heavy (non-hydrogen) atoms. The summed E-state index contributed by atoms with van der Waals surface area (Å²) in [6.07, 6.45) is 0. The fraction of sp³-hybridized carbons (Fsp3) is 0.400. The number of halogens is 3. The van der Waals surface area contributed by atoms with Crippen molar-refractivity contribution in [3.63, 3.8) is 0 Å². The van der Waals surface area contributed by atoms with Crippen LogP contribution in [0.4, 0.5) is 4.39 Å². The predicted molar refractivity (Wildman–Crippen MR) is 70.1 cm³/mol. The zero-order chi connectivity index (χ0) is 13.9. The second-order valence-electron chi connectivity index (χ2n) is 3.72. The van der Waals surface area contributed by atoms with E-state index in [9.17, 15) is 12.8 Å². The van der Waals surface area contributed by atoms with Crippen LogP contribution in [0.25, 0.3) is 0 Å². The largest absolute Gasteiger partial charge is 0.316 e. The average Bonchev–Trinajstić information content (AvgIpc) is 2.32. The smallest absolute Gasteiger partial charge is 0.242 e. The Morgan fingerprint density at radius 2 is 2.00 bits per heavy atom. The van der Waals surface area contributed by atoms with Crippen molar-refractivity contribution >= 4 is 33.2 Å². The van der Waals surface area contributed by atoms with E-state index in [2.05, 4.69) is 10.0 Å². The third kappa shape index (κ3) is 3.55. The SMILES string of the molecule is CNC(C)CNS(=O)(=O)c1ccc(Cl)c(F)c1Cl. The fourth-order valence-electron chi connectivity index (χ4n) is 1.13. The molecule has 4 nitrogen and oxygen atoms in total. The molecule has 0 aromatic heterocycles. The van der Waals surface area contributed by atoms with Gasteiger partial charge in [0.1, 0.15) is 4.90 Å². The zero-order valence-corrected chi connectivity index (χ0v) is 12.1. The summed E-state index contributed by atoms with van der Waals surface area (Å²) < 4.78 is 39.6. The highest BCUT2D eigenvalue weighted by Crippen LogP contribution is 2.29. The summed E-state index contributed by atoms with van der Waals surface area (Å²) in [5.41, 5.74) is 0. The number of benzene rings is 1. The van der Waals surface area contributed by atoms with E-state index in [1.807, 2.05) is 0 Å². The Hall–Kier alpha value is -0.400. The van der Waals surface area contributed by atoms with E-state index >= 15 is 0 Å². The van der Waals surface area contributed by atoms with Gasteiger partial charge in [-0.25, -0.2) is 17.5 Å². The molecule has 0 fully saturated rings. The van der Waals surface area contributed by atoms with Crippen molar-refractivity contribution < 1.29 is 12.8 Å². The maximum atomic E-state index is 13.4. The molecule has 102 valence electrons. The molecule has 1 aromatic rings. The fourth-order valence-corrected chi connectivity index (χ4v) is 3.00. The standard InChI is InChI=1S/C10H13Cl2FN2O2S/c1-6(14-2)5-15-18(16,17)8-4-3-7(11)10(13)9(8)12/h3-4,6,14-15H,5H2,1-2H3. The van der Waals surface area contributed by atoms with Crippen LogP contribution in [0.2, 0.25) is 10.0 Å². The molecule has 0 saturated heterocycles. The van der Waals surface area contributed by atoms with E-state index in [0.717, 1.165) is 6.07 Å². The normalized spacial score (nSPS) is 13.6. The Labute approximate surface area is 116 Å². The molecule has 0 spiro atoms. The first-order valence-electron chi connectivity index (χ1n) is 5.10. The van der Waals surface area contributed by atoms with Gasteiger partial charge in [0.15, 0.2) is 5.82 Å². The quantitative estimate of drug-likeness (QED) is 0.817. The lowest BCUT2D eigenvalue weighted by Gasteiger charge is -2.13. The summed E-state index contributed by atoms with van der Waals surface area (Å²) in [6.45, 7) is 1.96. The molecule has 1 atom stereocenters. The van der Waals surface area contributed by atoms with Crippen molar-refractivity contribution in [2.75, 3.05) is 13.6 Å². The Bertz CT molecular complexity index is 537. The van der Waals surface area contributed by atoms with Gasteiger partial charge >= 0.3 is 0 Å². The Morgan fingerprint density at radius 1 is 1.39 bits per heavy atom. The lowest BCUT2D eigenvalue weighted by Crippen LogP contribution is -2.37. The van der Waals surface area contributed by atoms with Gasteiger partial charge in [-0.2, -0.15) is 0 Å². The third-order valence-corrected chi connectivity index (χ3v) is 4.60. The highest BCUT2D eigenvalue weighted by Gasteiger charge is 2.22. The van der Waals surface area contributed by atoms with Gasteiger partial charge in [0.2, 0.25) is 10.0 Å². The lowest BCUT2D eigenvalue weighted by molar-refractivity contribution is 0.552. The van der Waals surface area contributed by atoms with Crippen molar-refractivity contribution in [1.82, 2.24) is 10.0 Å². The number of hydrogen-bond donors (Lipinski definition) is 2. The molecule has 0 heterocycles. The molecule has 0 amide bonds. The molecule has 0 aliphatic carbocycles. The molecule has 0 saturated carbocycles. The van der Waals surface area contributed by atoms with Gasteiger partial charge in [0.05, 0.1) is 10.0 Å². The van der Waals surface area contributed by atoms with Crippen LogP contribution in [0, 0.1) is 5.82 Å². The summed E-state index contributed by atoms with van der Waals surface area (Å²) in [5.74, 6) is -0.942. The molecule has 1 aromatic carbocycles. The van der Waals surface area contributed by atoms with Gasteiger partial charge in [0, 0.05) is 12.6 Å². The van der Waals surface area contributed by atoms with E-state index in [4.69, 9.17) is 23.2 Å². The number of rotatable bonds is 5. The minimum atomic E-state index is -3.86. The van der Waals surface area contributed by atoms with E-state index < -0.39 is 20.9 Å². The average molecular weight is 315 g/mol. The zero-order valence-electron chi connectivity index (χ0n) is 9.80. The molecule has 0 aliphatic rings. The lowest BCUT2D eigenvalue weighted by atomic mass is 10.3. The van der Waals surface area contributed by atoms with Gasteiger partial charge in [0.25, 0.3) is 0 Å². The highest BCUT2D eigenvalue weighted by atomic mass is 35.5. The molecule has 0 aliphatic heterocycles. The van der Waals surface area contributed by atoms with Gasteiger partial charge in [-0.1, -0.05) is 23.2 Å². The van der Waals surface area contributed by atoms with Gasteiger partial charge in [-0.15, -0.1) is 0 Å². The molecule has 1 rings (SSSR count). The molecule has 1 unspecified atom stereocenters. The summed E-state index contributed by atoms with van der Waals surface area (Å²) in [6, 6.07) is 2.26. The summed E-state index contributed by atoms with van der Waals surface area (Å²) in [5, 5.41) is 2.14. The van der Waals surface area contributed by atoms with Crippen LogP contribution in [0.5, 0.6) is 0 Å². The Balaban J connectivity index is 3.03. The van der Waals surface area contributed by atoms with Crippen LogP contribution in [0.3, 0.4) is 0 Å². The van der Waals surface area contributed by atoms with Gasteiger partial charge in [-0.05, 0) is 26.1 Å². The van der Waals surface area contributed by atoms with E-state index in [0.29, 0.717) is 0 Å². The van der Waals surface area contributed by atoms with Crippen molar-refractivity contribution in [1.29, 1.82) is 0 Å². The van der Waals surface area contributed by atoms with Crippen LogP contribution in [-0.4, -0.2) is 28.1 Å². The molecular weight excluding hydrogens is 302 g/mol. The van der Waals surface area contributed by atoms with Crippen molar-refractivity contribution in [2.24, 2.45) is 0 Å². The first-order chi connectivity index (χ1) is 8.29. The van der Waals surface area contributed by atoms with E-state index in [1.54, 1.807) is 14.0 Å². The maximum Gasteiger partial charge on any atom is 0.242 e. The first-order valence-corrected chi connectivity index (χ1v) is 7.34. The van der Waals surface area contributed by atoms with Crippen LogP contribution in [-0.2, 0) is 10.0 Å². The third-order valence-electron chi connectivity index (χ3n) is 2.36. The second-order valence-corrected chi connectivity index (χ2v) is 6.24. The predicted octanol–water partition coefficient (Wildman–Crippen LogP) is 2.02. The monoisotopic (exact) mass is 314 g/mol. The second kappa shape index (κ2) is 6.16. The van der Waals surface area contributed by atoms with E-state index in [1.165, 1.54) is 6.07 Å². The minimum absolute atomic E-state index is 0.0595. The first kappa shape index (κ1) is 15.7. The van der Waals surface area contributed by atoms with Gasteiger partial charge < -0.3 is 5.32 Å². The summed E-state index contributed by atoms with van der Waals surface area (Å²) >= 11 is 11.1. The van der Waals surface area contributed by atoms with Crippen molar-refractivity contribution in [3.05, 3.63) is 28.0 Å². The molecule has 0 radical (unpaired) electrons. The number of sulfonamides is 1.